The highest BCUT2D eigenvalue weighted by atomic mass is 35.5. The predicted molar refractivity (Wildman–Crippen MR) is 84.5 cm³/mol. The molecule has 0 aliphatic carbocycles. The van der Waals surface area contributed by atoms with Gasteiger partial charge in [0.1, 0.15) is 10.7 Å². The molecule has 0 spiro atoms. The summed E-state index contributed by atoms with van der Waals surface area (Å²) in [6.07, 6.45) is 1.81. The maximum absolute atomic E-state index is 5.94. The van der Waals surface area contributed by atoms with Gasteiger partial charge in [-0.05, 0) is 42.8 Å². The van der Waals surface area contributed by atoms with Gasteiger partial charge in [0.15, 0.2) is 0 Å². The lowest BCUT2D eigenvalue weighted by atomic mass is 10.1. The van der Waals surface area contributed by atoms with Gasteiger partial charge in [-0.1, -0.05) is 23.7 Å². The summed E-state index contributed by atoms with van der Waals surface area (Å²) in [4.78, 5) is 8.68. The van der Waals surface area contributed by atoms with E-state index in [9.17, 15) is 0 Å². The number of fused-ring (bicyclic) bond motifs is 3. The molecule has 0 aliphatic heterocycles. The molecule has 0 bridgehead atoms. The van der Waals surface area contributed by atoms with Crippen LogP contribution in [0, 0.1) is 6.92 Å². The number of pyridine rings is 2. The molecular formula is C17H11ClN2O. The SMILES string of the molecule is Cc1ccnc(-c2cccc3c2oc2nc(Cl)ccc23)c1. The number of nitrogens with zero attached hydrogens (tertiary/aromatic N) is 2. The fourth-order valence-corrected chi connectivity index (χ4v) is 2.68. The van der Waals surface area contributed by atoms with E-state index in [0.717, 1.165) is 33.2 Å². The first-order valence-electron chi connectivity index (χ1n) is 6.63. The molecule has 1 aromatic carbocycles. The van der Waals surface area contributed by atoms with Crippen molar-refractivity contribution in [2.45, 2.75) is 6.92 Å². The smallest absolute Gasteiger partial charge is 0.228 e. The van der Waals surface area contributed by atoms with Crippen molar-refractivity contribution in [3.63, 3.8) is 0 Å². The summed E-state index contributed by atoms with van der Waals surface area (Å²) in [5.41, 5.74) is 4.36. The fourth-order valence-electron chi connectivity index (χ4n) is 2.54. The number of furan rings is 1. The second kappa shape index (κ2) is 4.57. The molecule has 3 heterocycles. The first kappa shape index (κ1) is 12.4. The minimum atomic E-state index is 0.428. The maximum atomic E-state index is 5.94. The zero-order valence-corrected chi connectivity index (χ0v) is 12.1. The number of benzene rings is 1. The molecule has 0 radical (unpaired) electrons. The van der Waals surface area contributed by atoms with Crippen LogP contribution in [-0.2, 0) is 0 Å². The van der Waals surface area contributed by atoms with E-state index in [1.807, 2.05) is 43.3 Å². The van der Waals surface area contributed by atoms with Crippen LogP contribution in [0.1, 0.15) is 5.56 Å². The highest BCUT2D eigenvalue weighted by Crippen LogP contribution is 2.34. The first-order valence-corrected chi connectivity index (χ1v) is 7.01. The van der Waals surface area contributed by atoms with Gasteiger partial charge in [0, 0.05) is 22.5 Å². The Morgan fingerprint density at radius 2 is 1.95 bits per heavy atom. The van der Waals surface area contributed by atoms with E-state index in [4.69, 9.17) is 16.0 Å². The predicted octanol–water partition coefficient (Wildman–Crippen LogP) is 5.00. The Morgan fingerprint density at radius 3 is 2.81 bits per heavy atom. The normalized spacial score (nSPS) is 11.3. The molecule has 0 amide bonds. The molecule has 3 nitrogen and oxygen atoms in total. The third kappa shape index (κ3) is 1.98. The van der Waals surface area contributed by atoms with Gasteiger partial charge in [0.25, 0.3) is 0 Å². The summed E-state index contributed by atoms with van der Waals surface area (Å²) in [5, 5.41) is 2.41. The number of aromatic nitrogens is 2. The van der Waals surface area contributed by atoms with Crippen LogP contribution < -0.4 is 0 Å². The number of halogens is 1. The Kier molecular flexibility index (Phi) is 2.69. The maximum Gasteiger partial charge on any atom is 0.228 e. The molecule has 0 N–H and O–H groups in total. The van der Waals surface area contributed by atoms with E-state index in [1.165, 1.54) is 0 Å². The number of rotatable bonds is 1. The molecule has 4 aromatic rings. The number of hydrogen-bond acceptors (Lipinski definition) is 3. The molecule has 0 fully saturated rings. The Hall–Kier alpha value is -2.39. The van der Waals surface area contributed by atoms with Crippen LogP contribution in [0.2, 0.25) is 5.15 Å². The minimum Gasteiger partial charge on any atom is -0.437 e. The van der Waals surface area contributed by atoms with Crippen LogP contribution >= 0.6 is 11.6 Å². The van der Waals surface area contributed by atoms with E-state index >= 15 is 0 Å². The zero-order valence-electron chi connectivity index (χ0n) is 11.3. The van der Waals surface area contributed by atoms with E-state index in [1.54, 1.807) is 12.3 Å². The van der Waals surface area contributed by atoms with Crippen molar-refractivity contribution in [2.75, 3.05) is 0 Å². The van der Waals surface area contributed by atoms with Gasteiger partial charge in [-0.15, -0.1) is 0 Å². The van der Waals surface area contributed by atoms with Crippen LogP contribution in [0.25, 0.3) is 33.3 Å². The summed E-state index contributed by atoms with van der Waals surface area (Å²) >= 11 is 5.94. The van der Waals surface area contributed by atoms with Crippen LogP contribution in [0.3, 0.4) is 0 Å². The lowest BCUT2D eigenvalue weighted by Crippen LogP contribution is -1.84. The van der Waals surface area contributed by atoms with Gasteiger partial charge in [-0.3, -0.25) is 4.98 Å². The Morgan fingerprint density at radius 1 is 1.05 bits per heavy atom. The van der Waals surface area contributed by atoms with Crippen molar-refractivity contribution >= 4 is 33.7 Å². The van der Waals surface area contributed by atoms with Crippen molar-refractivity contribution < 1.29 is 4.42 Å². The van der Waals surface area contributed by atoms with Gasteiger partial charge in [0.2, 0.25) is 5.71 Å². The molecule has 0 aliphatic rings. The second-order valence-electron chi connectivity index (χ2n) is 4.99. The summed E-state index contributed by atoms with van der Waals surface area (Å²) in [5.74, 6) is 0. The third-order valence-electron chi connectivity index (χ3n) is 3.52. The van der Waals surface area contributed by atoms with E-state index in [-0.39, 0.29) is 0 Å². The molecule has 0 saturated carbocycles. The average molecular weight is 295 g/mol. The molecule has 0 saturated heterocycles. The Balaban J connectivity index is 2.08. The topological polar surface area (TPSA) is 38.9 Å². The Labute approximate surface area is 126 Å². The molecule has 21 heavy (non-hydrogen) atoms. The number of para-hydroxylation sites is 1. The van der Waals surface area contributed by atoms with Crippen molar-refractivity contribution in [3.05, 3.63) is 59.4 Å². The van der Waals surface area contributed by atoms with Crippen molar-refractivity contribution in [1.29, 1.82) is 0 Å². The Bertz CT molecular complexity index is 975. The van der Waals surface area contributed by atoms with Crippen molar-refractivity contribution in [1.82, 2.24) is 9.97 Å². The molecule has 0 atom stereocenters. The lowest BCUT2D eigenvalue weighted by molar-refractivity contribution is 0.655. The van der Waals surface area contributed by atoms with E-state index in [0.29, 0.717) is 10.9 Å². The molecular weight excluding hydrogens is 284 g/mol. The van der Waals surface area contributed by atoms with Crippen LogP contribution in [-0.4, -0.2) is 9.97 Å². The van der Waals surface area contributed by atoms with Gasteiger partial charge in [0.05, 0.1) is 5.69 Å². The summed E-state index contributed by atoms with van der Waals surface area (Å²) in [6, 6.07) is 13.8. The monoisotopic (exact) mass is 294 g/mol. The standard InChI is InChI=1S/C17H11ClN2O/c1-10-7-8-19-14(9-10)13-4-2-3-11-12-5-6-15(18)20-17(12)21-16(11)13/h2-9H,1H3. The lowest BCUT2D eigenvalue weighted by Gasteiger charge is -2.02. The van der Waals surface area contributed by atoms with Crippen LogP contribution in [0.15, 0.2) is 53.1 Å². The van der Waals surface area contributed by atoms with E-state index < -0.39 is 0 Å². The summed E-state index contributed by atoms with van der Waals surface area (Å²) in [6.45, 7) is 2.05. The molecule has 4 rings (SSSR count). The molecule has 3 aromatic heterocycles. The largest absolute Gasteiger partial charge is 0.437 e. The molecule has 0 unspecified atom stereocenters. The number of hydrogen-bond donors (Lipinski definition) is 0. The van der Waals surface area contributed by atoms with Crippen LogP contribution in [0.4, 0.5) is 0 Å². The third-order valence-corrected chi connectivity index (χ3v) is 3.73. The first-order chi connectivity index (χ1) is 10.2. The quantitative estimate of drug-likeness (QED) is 0.463. The van der Waals surface area contributed by atoms with Crippen molar-refractivity contribution in [3.8, 4) is 11.3 Å². The van der Waals surface area contributed by atoms with Gasteiger partial charge >= 0.3 is 0 Å². The molecule has 4 heteroatoms. The van der Waals surface area contributed by atoms with Gasteiger partial charge in [-0.2, -0.15) is 0 Å². The zero-order chi connectivity index (χ0) is 14.4. The summed E-state index contributed by atoms with van der Waals surface area (Å²) in [7, 11) is 0. The van der Waals surface area contributed by atoms with Crippen molar-refractivity contribution in [2.24, 2.45) is 0 Å². The van der Waals surface area contributed by atoms with E-state index in [2.05, 4.69) is 9.97 Å². The van der Waals surface area contributed by atoms with Crippen LogP contribution in [0.5, 0.6) is 0 Å². The van der Waals surface area contributed by atoms with Gasteiger partial charge in [-0.25, -0.2) is 4.98 Å². The highest BCUT2D eigenvalue weighted by molar-refractivity contribution is 6.30. The highest BCUT2D eigenvalue weighted by Gasteiger charge is 2.13. The summed E-state index contributed by atoms with van der Waals surface area (Å²) < 4.78 is 5.92. The molecule has 102 valence electrons. The number of aryl methyl sites for hydroxylation is 1. The van der Waals surface area contributed by atoms with Gasteiger partial charge < -0.3 is 4.42 Å². The minimum absolute atomic E-state index is 0.428. The fraction of sp³-hybridized carbons (Fsp3) is 0.0588. The average Bonchev–Trinajstić information content (AvgIpc) is 2.84. The second-order valence-corrected chi connectivity index (χ2v) is 5.38.